The monoisotopic (exact) mass is 477 g/mol. The molecule has 0 aliphatic heterocycles. The predicted octanol–water partition coefficient (Wildman–Crippen LogP) is 2.27. The van der Waals surface area contributed by atoms with Crippen LogP contribution in [-0.2, 0) is 9.59 Å². The lowest BCUT2D eigenvalue weighted by molar-refractivity contribution is -0.192. The van der Waals surface area contributed by atoms with Crippen LogP contribution in [0, 0.1) is 5.92 Å². The van der Waals surface area contributed by atoms with Gasteiger partial charge < -0.3 is 27.0 Å². The Morgan fingerprint density at radius 1 is 1.16 bits per heavy atom. The van der Waals surface area contributed by atoms with Crippen LogP contribution in [0.5, 0.6) is 0 Å². The number of carboxylic acids is 2. The van der Waals surface area contributed by atoms with E-state index in [1.54, 1.807) is 26.0 Å². The molecule has 0 spiro atoms. The molecule has 2 rings (SSSR count). The Morgan fingerprint density at radius 2 is 1.72 bits per heavy atom. The molecule has 0 saturated carbocycles. The lowest BCUT2D eigenvalue weighted by Crippen LogP contribution is -2.44. The van der Waals surface area contributed by atoms with Crippen molar-refractivity contribution in [2.24, 2.45) is 22.4 Å². The Kier molecular flexibility index (Phi) is 8.77. The number of halogens is 4. The summed E-state index contributed by atoms with van der Waals surface area (Å²) in [5.74, 6) is -4.62. The summed E-state index contributed by atoms with van der Waals surface area (Å²) in [5.41, 5.74) is 11.0. The molecular formula is C18H19ClF3N5O5. The van der Waals surface area contributed by atoms with E-state index in [4.69, 9.17) is 33.0 Å². The highest BCUT2D eigenvalue weighted by atomic mass is 35.5. The number of aliphatic carboxylic acids is 2. The Morgan fingerprint density at radius 3 is 2.16 bits per heavy atom. The number of carbonyl (C=O) groups is 3. The summed E-state index contributed by atoms with van der Waals surface area (Å²) >= 11 is 6.11. The molecule has 1 heterocycles. The fourth-order valence-corrected chi connectivity index (χ4v) is 2.50. The van der Waals surface area contributed by atoms with Crippen LogP contribution in [0.25, 0.3) is 10.8 Å². The molecule has 32 heavy (non-hydrogen) atoms. The average molecular weight is 478 g/mol. The third-order valence-electron chi connectivity index (χ3n) is 3.78. The molecule has 14 heteroatoms. The van der Waals surface area contributed by atoms with Gasteiger partial charge in [-0.1, -0.05) is 31.5 Å². The summed E-state index contributed by atoms with van der Waals surface area (Å²) in [6.45, 7) is 3.42. The minimum Gasteiger partial charge on any atom is -0.480 e. The number of pyridine rings is 1. The van der Waals surface area contributed by atoms with Gasteiger partial charge in [0.25, 0.3) is 5.91 Å². The van der Waals surface area contributed by atoms with Gasteiger partial charge in [0, 0.05) is 22.5 Å². The number of guanidine groups is 1. The zero-order chi connectivity index (χ0) is 24.8. The number of hydrogen-bond acceptors (Lipinski definition) is 5. The number of carbonyl (C=O) groups excluding carboxylic acids is 1. The van der Waals surface area contributed by atoms with Crippen molar-refractivity contribution in [3.8, 4) is 0 Å². The van der Waals surface area contributed by atoms with E-state index < -0.39 is 30.1 Å². The largest absolute Gasteiger partial charge is 0.490 e. The normalized spacial score (nSPS) is 11.8. The summed E-state index contributed by atoms with van der Waals surface area (Å²) in [7, 11) is 0. The maximum atomic E-state index is 12.4. The Balaban J connectivity index is 0.000000633. The third kappa shape index (κ3) is 7.27. The van der Waals surface area contributed by atoms with E-state index >= 15 is 0 Å². The van der Waals surface area contributed by atoms with Gasteiger partial charge in [-0.05, 0) is 18.1 Å². The van der Waals surface area contributed by atoms with Gasteiger partial charge in [0.15, 0.2) is 11.8 Å². The summed E-state index contributed by atoms with van der Waals surface area (Å²) < 4.78 is 31.7. The Hall–Kier alpha value is -3.61. The number of nitrogens with one attached hydrogen (secondary N) is 1. The molecule has 1 aromatic carbocycles. The second-order valence-corrected chi connectivity index (χ2v) is 6.97. The fraction of sp³-hybridized carbons (Fsp3) is 0.278. The van der Waals surface area contributed by atoms with Crippen LogP contribution in [0.3, 0.4) is 0 Å². The number of nitrogens with two attached hydrogens (primary N) is 2. The van der Waals surface area contributed by atoms with Crippen LogP contribution in [0.1, 0.15) is 24.2 Å². The summed E-state index contributed by atoms with van der Waals surface area (Å²) in [6, 6.07) is 3.69. The van der Waals surface area contributed by atoms with Crippen molar-refractivity contribution >= 4 is 52.0 Å². The summed E-state index contributed by atoms with van der Waals surface area (Å²) in [4.78, 5) is 40.5. The number of rotatable bonds is 5. The first-order chi connectivity index (χ1) is 14.6. The van der Waals surface area contributed by atoms with Gasteiger partial charge in [-0.2, -0.15) is 18.2 Å². The molecule has 174 valence electrons. The maximum Gasteiger partial charge on any atom is 0.490 e. The quantitative estimate of drug-likeness (QED) is 0.321. The van der Waals surface area contributed by atoms with Crippen molar-refractivity contribution in [2.45, 2.75) is 26.1 Å². The Labute approximate surface area is 184 Å². The predicted molar refractivity (Wildman–Crippen MR) is 110 cm³/mol. The number of nitrogens with zero attached hydrogens (tertiary/aromatic N) is 2. The molecule has 2 aromatic rings. The lowest BCUT2D eigenvalue weighted by Gasteiger charge is -2.18. The minimum atomic E-state index is -5.08. The lowest BCUT2D eigenvalue weighted by atomic mass is 10.0. The first-order valence-electron chi connectivity index (χ1n) is 8.66. The molecule has 0 fully saturated rings. The molecular weight excluding hydrogens is 459 g/mol. The van der Waals surface area contributed by atoms with Crippen LogP contribution < -0.4 is 16.8 Å². The van der Waals surface area contributed by atoms with Gasteiger partial charge in [0.2, 0.25) is 0 Å². The van der Waals surface area contributed by atoms with Crippen LogP contribution >= 0.6 is 11.6 Å². The van der Waals surface area contributed by atoms with E-state index in [9.17, 15) is 27.9 Å². The number of alkyl halides is 3. The van der Waals surface area contributed by atoms with Crippen LogP contribution in [0.4, 0.5) is 19.0 Å². The molecule has 10 nitrogen and oxygen atoms in total. The van der Waals surface area contributed by atoms with Gasteiger partial charge >= 0.3 is 18.1 Å². The standard InChI is InChI=1S/C16H18ClN5O3.C2HF3O2/c1-7(2)12(15(24)25)21-14(23)8-3-4-9-10(5-8)13(22-16(18)19)20-6-11(9)17;3-2(4,5)1(6)7/h3-7,12H,1-2H3,(H,21,23)(H,24,25)(H4,18,19,20,22);(H,6,7). The van der Waals surface area contributed by atoms with Gasteiger partial charge in [-0.25, -0.2) is 14.6 Å². The van der Waals surface area contributed by atoms with E-state index in [0.29, 0.717) is 15.8 Å². The highest BCUT2D eigenvalue weighted by Gasteiger charge is 2.38. The van der Waals surface area contributed by atoms with E-state index in [1.807, 2.05) is 0 Å². The summed E-state index contributed by atoms with van der Waals surface area (Å²) in [6.07, 6.45) is -3.68. The second kappa shape index (κ2) is 10.6. The summed E-state index contributed by atoms with van der Waals surface area (Å²) in [5, 5.41) is 20.3. The third-order valence-corrected chi connectivity index (χ3v) is 4.08. The number of carboxylic acid groups (broad SMARTS) is 2. The SMILES string of the molecule is CC(C)C(NC(=O)c1ccc2c(Cl)cnc(N=C(N)N)c2c1)C(=O)O.O=C(O)C(F)(F)F. The minimum absolute atomic E-state index is 0.184. The molecule has 0 aliphatic carbocycles. The molecule has 7 N–H and O–H groups in total. The van der Waals surface area contributed by atoms with Crippen molar-refractivity contribution in [3.63, 3.8) is 0 Å². The average Bonchev–Trinajstić information content (AvgIpc) is 2.66. The first kappa shape index (κ1) is 26.4. The van der Waals surface area contributed by atoms with E-state index in [2.05, 4.69) is 15.3 Å². The number of amides is 1. The smallest absolute Gasteiger partial charge is 0.480 e. The number of hydrogen-bond donors (Lipinski definition) is 5. The van der Waals surface area contributed by atoms with Gasteiger partial charge in [0.1, 0.15) is 6.04 Å². The van der Waals surface area contributed by atoms with Crippen molar-refractivity contribution in [2.75, 3.05) is 0 Å². The topological polar surface area (TPSA) is 181 Å². The van der Waals surface area contributed by atoms with Crippen LogP contribution in [0.2, 0.25) is 5.02 Å². The van der Waals surface area contributed by atoms with Gasteiger partial charge in [-0.3, -0.25) is 4.79 Å². The van der Waals surface area contributed by atoms with Gasteiger partial charge in [-0.15, -0.1) is 0 Å². The highest BCUT2D eigenvalue weighted by Crippen LogP contribution is 2.30. The second-order valence-electron chi connectivity index (χ2n) is 6.56. The van der Waals surface area contributed by atoms with E-state index in [0.717, 1.165) is 0 Å². The number of aliphatic imine (C=N–C) groups is 1. The van der Waals surface area contributed by atoms with Crippen molar-refractivity contribution in [3.05, 3.63) is 35.0 Å². The zero-order valence-corrected chi connectivity index (χ0v) is 17.4. The molecule has 1 aromatic heterocycles. The molecule has 1 atom stereocenters. The molecule has 1 unspecified atom stereocenters. The highest BCUT2D eigenvalue weighted by molar-refractivity contribution is 6.35. The molecule has 0 saturated heterocycles. The number of benzene rings is 1. The van der Waals surface area contributed by atoms with Crippen molar-refractivity contribution in [1.29, 1.82) is 0 Å². The molecule has 0 aliphatic rings. The maximum absolute atomic E-state index is 12.4. The van der Waals surface area contributed by atoms with Gasteiger partial charge in [0.05, 0.1) is 5.02 Å². The van der Waals surface area contributed by atoms with Crippen molar-refractivity contribution < 1.29 is 37.8 Å². The molecule has 1 amide bonds. The molecule has 0 radical (unpaired) electrons. The number of aromatic nitrogens is 1. The van der Waals surface area contributed by atoms with Crippen LogP contribution in [-0.4, -0.2) is 51.2 Å². The molecule has 0 bridgehead atoms. The zero-order valence-electron chi connectivity index (χ0n) is 16.6. The van der Waals surface area contributed by atoms with E-state index in [-0.39, 0.29) is 23.3 Å². The Bertz CT molecular complexity index is 1060. The van der Waals surface area contributed by atoms with Crippen LogP contribution in [0.15, 0.2) is 29.4 Å². The van der Waals surface area contributed by atoms with Crippen molar-refractivity contribution in [1.82, 2.24) is 10.3 Å². The van der Waals surface area contributed by atoms with E-state index in [1.165, 1.54) is 12.3 Å². The fourth-order valence-electron chi connectivity index (χ4n) is 2.29. The first-order valence-corrected chi connectivity index (χ1v) is 9.04. The number of fused-ring (bicyclic) bond motifs is 1.